The van der Waals surface area contributed by atoms with E-state index in [1.807, 2.05) is 25.1 Å². The highest BCUT2D eigenvalue weighted by molar-refractivity contribution is 9.10. The quantitative estimate of drug-likeness (QED) is 0.899. The van der Waals surface area contributed by atoms with E-state index in [0.717, 1.165) is 15.4 Å². The molecule has 1 saturated heterocycles. The lowest BCUT2D eigenvalue weighted by Gasteiger charge is -2.33. The van der Waals surface area contributed by atoms with Crippen LogP contribution in [0.5, 0.6) is 0 Å². The third-order valence-electron chi connectivity index (χ3n) is 3.79. The molecule has 0 bridgehead atoms. The lowest BCUT2D eigenvalue weighted by molar-refractivity contribution is -0.0196. The van der Waals surface area contributed by atoms with Gasteiger partial charge in [-0.05, 0) is 25.1 Å². The number of hydrogen-bond acceptors (Lipinski definition) is 4. The highest BCUT2D eigenvalue weighted by Crippen LogP contribution is 2.29. The first-order valence-electron chi connectivity index (χ1n) is 6.80. The van der Waals surface area contributed by atoms with Gasteiger partial charge in [-0.2, -0.15) is 0 Å². The summed E-state index contributed by atoms with van der Waals surface area (Å²) >= 11 is 3.42. The Balaban J connectivity index is 1.99. The van der Waals surface area contributed by atoms with Crippen molar-refractivity contribution in [1.29, 1.82) is 0 Å². The van der Waals surface area contributed by atoms with Crippen molar-refractivity contribution in [3.8, 4) is 0 Å². The Hall–Kier alpha value is -1.37. The van der Waals surface area contributed by atoms with Crippen LogP contribution in [-0.2, 0) is 4.74 Å². The molecule has 1 unspecified atom stereocenters. The van der Waals surface area contributed by atoms with E-state index in [1.165, 1.54) is 0 Å². The maximum Gasteiger partial charge on any atom is 0.290 e. The molecule has 0 saturated carbocycles. The topological polar surface area (TPSA) is 62.9 Å². The number of aryl methyl sites for hydroxylation is 1. The first-order chi connectivity index (χ1) is 10.1. The fraction of sp³-hybridized carbons (Fsp3) is 0.400. The minimum absolute atomic E-state index is 0.115. The maximum atomic E-state index is 12.7. The van der Waals surface area contributed by atoms with Crippen LogP contribution in [0.15, 0.2) is 27.1 Å². The average molecular weight is 354 g/mol. The van der Waals surface area contributed by atoms with E-state index in [2.05, 4.69) is 15.9 Å². The lowest BCUT2D eigenvalue weighted by atomic mass is 10.1. The van der Waals surface area contributed by atoms with Gasteiger partial charge in [0.15, 0.2) is 5.76 Å². The van der Waals surface area contributed by atoms with Crippen LogP contribution in [0.3, 0.4) is 0 Å². The summed E-state index contributed by atoms with van der Waals surface area (Å²) in [6, 6.07) is 5.34. The zero-order chi connectivity index (χ0) is 15.0. The lowest BCUT2D eigenvalue weighted by Crippen LogP contribution is -2.50. The number of aliphatic hydroxyl groups is 1. The predicted molar refractivity (Wildman–Crippen MR) is 81.4 cm³/mol. The van der Waals surface area contributed by atoms with E-state index < -0.39 is 0 Å². The monoisotopic (exact) mass is 353 g/mol. The van der Waals surface area contributed by atoms with Gasteiger partial charge in [0, 0.05) is 22.0 Å². The third kappa shape index (κ3) is 2.59. The van der Waals surface area contributed by atoms with Crippen LogP contribution in [-0.4, -0.2) is 48.3 Å². The van der Waals surface area contributed by atoms with Gasteiger partial charge in [-0.3, -0.25) is 4.79 Å². The molecule has 3 rings (SSSR count). The normalized spacial score (nSPS) is 19.2. The van der Waals surface area contributed by atoms with Gasteiger partial charge >= 0.3 is 0 Å². The predicted octanol–water partition coefficient (Wildman–Crippen LogP) is 2.34. The summed E-state index contributed by atoms with van der Waals surface area (Å²) in [5.41, 5.74) is 1.51. The smallest absolute Gasteiger partial charge is 0.290 e. The molecule has 1 aliphatic rings. The molecule has 2 heterocycles. The summed E-state index contributed by atoms with van der Waals surface area (Å²) in [6.45, 7) is 3.06. The summed E-state index contributed by atoms with van der Waals surface area (Å²) in [5, 5.41) is 10.3. The van der Waals surface area contributed by atoms with Crippen LogP contribution in [0, 0.1) is 6.92 Å². The molecule has 1 aromatic heterocycles. The molecule has 112 valence electrons. The Morgan fingerprint density at radius 3 is 3.10 bits per heavy atom. The molecule has 5 nitrogen and oxygen atoms in total. The van der Waals surface area contributed by atoms with E-state index in [1.54, 1.807) is 4.90 Å². The molecule has 2 aromatic rings. The van der Waals surface area contributed by atoms with Crippen molar-refractivity contribution >= 4 is 32.8 Å². The number of nitrogens with zero attached hydrogens (tertiary/aromatic N) is 1. The molecular weight excluding hydrogens is 338 g/mol. The van der Waals surface area contributed by atoms with Gasteiger partial charge in [-0.25, -0.2) is 0 Å². The molecule has 21 heavy (non-hydrogen) atoms. The van der Waals surface area contributed by atoms with E-state index in [-0.39, 0.29) is 18.6 Å². The molecule has 1 atom stereocenters. The van der Waals surface area contributed by atoms with Gasteiger partial charge in [-0.15, -0.1) is 0 Å². The number of fused-ring (bicyclic) bond motifs is 1. The minimum Gasteiger partial charge on any atom is -0.451 e. The Morgan fingerprint density at radius 1 is 1.52 bits per heavy atom. The molecule has 0 aliphatic carbocycles. The first kappa shape index (κ1) is 14.6. The van der Waals surface area contributed by atoms with E-state index >= 15 is 0 Å². The van der Waals surface area contributed by atoms with Crippen molar-refractivity contribution in [2.24, 2.45) is 0 Å². The summed E-state index contributed by atoms with van der Waals surface area (Å²) in [4.78, 5) is 14.3. The Labute approximate surface area is 130 Å². The number of carbonyl (C=O) groups is 1. The van der Waals surface area contributed by atoms with Gasteiger partial charge in [0.25, 0.3) is 5.91 Å². The number of rotatable bonds is 2. The molecule has 1 fully saturated rings. The van der Waals surface area contributed by atoms with Crippen molar-refractivity contribution < 1.29 is 19.1 Å². The second-order valence-corrected chi connectivity index (χ2v) is 6.02. The fourth-order valence-corrected chi connectivity index (χ4v) is 2.96. The summed E-state index contributed by atoms with van der Waals surface area (Å²) in [5.74, 6) is 0.144. The van der Waals surface area contributed by atoms with Crippen LogP contribution < -0.4 is 0 Å². The number of morpholine rings is 1. The molecule has 6 heteroatoms. The number of amides is 1. The number of aliphatic hydroxyl groups excluding tert-OH is 1. The number of carbonyl (C=O) groups excluding carboxylic acids is 1. The van der Waals surface area contributed by atoms with Gasteiger partial charge in [0.05, 0.1) is 25.9 Å². The standard InChI is InChI=1S/C15H16BrNO4/c1-9-12-6-10(16)2-3-13(12)21-14(9)15(19)17-4-5-20-8-11(17)7-18/h2-3,6,11,18H,4-5,7-8H2,1H3. The molecular formula is C15H16BrNO4. The van der Waals surface area contributed by atoms with E-state index in [9.17, 15) is 9.90 Å². The number of hydrogen-bond donors (Lipinski definition) is 1. The largest absolute Gasteiger partial charge is 0.451 e. The van der Waals surface area contributed by atoms with Crippen LogP contribution in [0.4, 0.5) is 0 Å². The van der Waals surface area contributed by atoms with Crippen LogP contribution in [0.25, 0.3) is 11.0 Å². The highest BCUT2D eigenvalue weighted by Gasteiger charge is 2.31. The van der Waals surface area contributed by atoms with Crippen LogP contribution in [0.2, 0.25) is 0 Å². The zero-order valence-electron chi connectivity index (χ0n) is 11.6. The Bertz CT molecular complexity index is 682. The molecule has 1 aliphatic heterocycles. The molecule has 1 amide bonds. The maximum absolute atomic E-state index is 12.7. The SMILES string of the molecule is Cc1c(C(=O)N2CCOCC2CO)oc2ccc(Br)cc12. The molecule has 1 N–H and O–H groups in total. The van der Waals surface area contributed by atoms with Crippen LogP contribution in [0.1, 0.15) is 16.1 Å². The average Bonchev–Trinajstić information content (AvgIpc) is 2.83. The van der Waals surface area contributed by atoms with Crippen molar-refractivity contribution in [3.05, 3.63) is 34.0 Å². The second-order valence-electron chi connectivity index (χ2n) is 5.11. The highest BCUT2D eigenvalue weighted by atomic mass is 79.9. The summed E-state index contributed by atoms with van der Waals surface area (Å²) < 4.78 is 12.0. The van der Waals surface area contributed by atoms with Gasteiger partial charge in [0.1, 0.15) is 5.58 Å². The number of halogens is 1. The van der Waals surface area contributed by atoms with Crippen molar-refractivity contribution in [1.82, 2.24) is 4.90 Å². The molecule has 0 radical (unpaired) electrons. The third-order valence-corrected chi connectivity index (χ3v) is 4.28. The fourth-order valence-electron chi connectivity index (χ4n) is 2.60. The number of benzene rings is 1. The first-order valence-corrected chi connectivity index (χ1v) is 7.59. The van der Waals surface area contributed by atoms with Gasteiger partial charge in [-0.1, -0.05) is 15.9 Å². The molecule has 0 spiro atoms. The Kier molecular flexibility index (Phi) is 4.01. The van der Waals surface area contributed by atoms with Crippen molar-refractivity contribution in [2.75, 3.05) is 26.4 Å². The van der Waals surface area contributed by atoms with Crippen molar-refractivity contribution in [2.45, 2.75) is 13.0 Å². The van der Waals surface area contributed by atoms with Crippen molar-refractivity contribution in [3.63, 3.8) is 0 Å². The van der Waals surface area contributed by atoms with Gasteiger partial charge < -0.3 is 19.2 Å². The Morgan fingerprint density at radius 2 is 2.33 bits per heavy atom. The zero-order valence-corrected chi connectivity index (χ0v) is 13.2. The minimum atomic E-state index is -0.314. The summed E-state index contributed by atoms with van der Waals surface area (Å²) in [6.07, 6.45) is 0. The second kappa shape index (κ2) is 5.79. The van der Waals surface area contributed by atoms with E-state index in [4.69, 9.17) is 9.15 Å². The number of ether oxygens (including phenoxy) is 1. The molecule has 1 aromatic carbocycles. The summed E-state index contributed by atoms with van der Waals surface area (Å²) in [7, 11) is 0. The van der Waals surface area contributed by atoms with Gasteiger partial charge in [0.2, 0.25) is 0 Å². The van der Waals surface area contributed by atoms with E-state index in [0.29, 0.717) is 31.1 Å². The van der Waals surface area contributed by atoms with Crippen LogP contribution >= 0.6 is 15.9 Å². The number of furan rings is 1.